The molecule has 0 heterocycles. The van der Waals surface area contributed by atoms with Crippen molar-refractivity contribution in [1.29, 1.82) is 0 Å². The topological polar surface area (TPSA) is 43.4 Å². The van der Waals surface area contributed by atoms with Crippen LogP contribution in [0.25, 0.3) is 0 Å². The fourth-order valence-corrected chi connectivity index (χ4v) is 4.73. The van der Waals surface area contributed by atoms with Crippen LogP contribution >= 0.6 is 0 Å². The van der Waals surface area contributed by atoms with E-state index in [2.05, 4.69) is 13.8 Å². The molecule has 0 aromatic heterocycles. The molecule has 1 unspecified atom stereocenters. The van der Waals surface area contributed by atoms with Crippen molar-refractivity contribution in [1.82, 2.24) is 0 Å². The van der Waals surface area contributed by atoms with Crippen molar-refractivity contribution in [3.05, 3.63) is 0 Å². The molecule has 0 radical (unpaired) electrons. The second kappa shape index (κ2) is 25.1. The van der Waals surface area contributed by atoms with Crippen LogP contribution in [0.15, 0.2) is 0 Å². The Labute approximate surface area is 206 Å². The van der Waals surface area contributed by atoms with Crippen LogP contribution in [0.2, 0.25) is 0 Å². The molecule has 0 spiro atoms. The molecule has 0 rings (SSSR count). The molecule has 0 aliphatic carbocycles. The average molecular weight is 459 g/mol. The van der Waals surface area contributed by atoms with Crippen molar-refractivity contribution in [2.24, 2.45) is 0 Å². The predicted molar refractivity (Wildman–Crippen MR) is 135 cm³/mol. The zero-order valence-corrected chi connectivity index (χ0v) is 21.0. The summed E-state index contributed by atoms with van der Waals surface area (Å²) in [5, 5.41) is 0. The standard InChI is InChI=1S/C25H51FO3S.Li.H/c1-3-5-7-9-11-12-13-14-15-16-17-18-20-22-24-29-30(27,28)25(26)23-21-19-10-8-6-4-2;;/h25H,3-24H2,1-2H3;;. The summed E-state index contributed by atoms with van der Waals surface area (Å²) in [6.45, 7) is 4.53. The fraction of sp³-hybridized carbons (Fsp3) is 1.00. The summed E-state index contributed by atoms with van der Waals surface area (Å²) >= 11 is 0. The number of hydrogen-bond donors (Lipinski definition) is 0. The van der Waals surface area contributed by atoms with E-state index in [4.69, 9.17) is 4.18 Å². The molecule has 1 atom stereocenters. The molecule has 184 valence electrons. The molecule has 0 saturated carbocycles. The molecular formula is C25H52FLiO3S. The Morgan fingerprint density at radius 3 is 1.29 bits per heavy atom. The summed E-state index contributed by atoms with van der Waals surface area (Å²) in [5.41, 5.74) is -1.87. The third-order valence-electron chi connectivity index (χ3n) is 5.84. The van der Waals surface area contributed by atoms with Crippen LogP contribution in [0.4, 0.5) is 4.39 Å². The van der Waals surface area contributed by atoms with Crippen LogP contribution in [0.1, 0.15) is 149 Å². The van der Waals surface area contributed by atoms with Gasteiger partial charge in [0.15, 0.2) is 0 Å². The molecule has 0 saturated heterocycles. The number of alkyl halides is 1. The van der Waals surface area contributed by atoms with Gasteiger partial charge in [-0.25, -0.2) is 4.39 Å². The minimum absolute atomic E-state index is 0. The van der Waals surface area contributed by atoms with Crippen LogP contribution in [-0.2, 0) is 14.3 Å². The molecule has 0 fully saturated rings. The maximum atomic E-state index is 13.9. The molecule has 0 bridgehead atoms. The molecule has 31 heavy (non-hydrogen) atoms. The molecule has 0 aromatic carbocycles. The first kappa shape index (κ1) is 33.6. The van der Waals surface area contributed by atoms with E-state index in [1.54, 1.807) is 0 Å². The average Bonchev–Trinajstić information content (AvgIpc) is 2.73. The van der Waals surface area contributed by atoms with Gasteiger partial charge >= 0.3 is 18.9 Å². The Morgan fingerprint density at radius 1 is 0.581 bits per heavy atom. The number of hydrogen-bond acceptors (Lipinski definition) is 3. The molecule has 0 aromatic rings. The zero-order valence-electron chi connectivity index (χ0n) is 20.1. The predicted octanol–water partition coefficient (Wildman–Crippen LogP) is 8.21. The number of unbranched alkanes of at least 4 members (excludes halogenated alkanes) is 18. The Balaban J connectivity index is 0. The van der Waals surface area contributed by atoms with E-state index in [0.29, 0.717) is 12.8 Å². The summed E-state index contributed by atoms with van der Waals surface area (Å²) in [6, 6.07) is 0. The Bertz CT molecular complexity index is 446. The first-order valence-corrected chi connectivity index (χ1v) is 14.5. The quantitative estimate of drug-likeness (QED) is 0.0831. The van der Waals surface area contributed by atoms with Crippen molar-refractivity contribution in [2.45, 2.75) is 154 Å². The maximum absolute atomic E-state index is 13.9. The van der Waals surface area contributed by atoms with E-state index >= 15 is 0 Å². The van der Waals surface area contributed by atoms with Crippen molar-refractivity contribution in [3.8, 4) is 0 Å². The summed E-state index contributed by atoms with van der Waals surface area (Å²) in [4.78, 5) is 0. The van der Waals surface area contributed by atoms with E-state index in [1.807, 2.05) is 0 Å². The first-order valence-electron chi connectivity index (χ1n) is 13.1. The van der Waals surface area contributed by atoms with Crippen LogP contribution < -0.4 is 0 Å². The minimum atomic E-state index is -4.04. The summed E-state index contributed by atoms with van der Waals surface area (Å²) in [6.07, 6.45) is 23.6. The van der Waals surface area contributed by atoms with Gasteiger partial charge in [-0.1, -0.05) is 129 Å². The molecule has 6 heteroatoms. The van der Waals surface area contributed by atoms with Gasteiger partial charge in [0.2, 0.25) is 5.50 Å². The fourth-order valence-electron chi connectivity index (χ4n) is 3.78. The molecular weight excluding hydrogens is 406 g/mol. The number of halogens is 1. The summed E-state index contributed by atoms with van der Waals surface area (Å²) < 4.78 is 42.5. The monoisotopic (exact) mass is 458 g/mol. The first-order chi connectivity index (χ1) is 14.5. The molecule has 0 aliphatic heterocycles. The summed E-state index contributed by atoms with van der Waals surface area (Å²) in [7, 11) is -4.04. The van der Waals surface area contributed by atoms with Crippen molar-refractivity contribution >= 4 is 29.0 Å². The van der Waals surface area contributed by atoms with E-state index in [-0.39, 0.29) is 31.9 Å². The van der Waals surface area contributed by atoms with Crippen LogP contribution in [-0.4, -0.2) is 39.4 Å². The SMILES string of the molecule is CCCCCCCCCCCCCCCCOS(=O)(=O)C(F)CCCCCCCC.[LiH]. The molecule has 0 amide bonds. The zero-order chi connectivity index (χ0) is 22.3. The Hall–Kier alpha value is 0.437. The van der Waals surface area contributed by atoms with E-state index < -0.39 is 15.6 Å². The van der Waals surface area contributed by atoms with Crippen molar-refractivity contribution < 1.29 is 17.0 Å². The Morgan fingerprint density at radius 2 is 0.903 bits per heavy atom. The molecule has 3 nitrogen and oxygen atoms in total. The van der Waals surface area contributed by atoms with E-state index in [9.17, 15) is 12.8 Å². The van der Waals surface area contributed by atoms with Crippen LogP contribution in [0, 0.1) is 0 Å². The van der Waals surface area contributed by atoms with E-state index in [1.165, 1.54) is 83.5 Å². The van der Waals surface area contributed by atoms with Gasteiger partial charge in [-0.15, -0.1) is 0 Å². The van der Waals surface area contributed by atoms with Gasteiger partial charge in [-0.2, -0.15) is 8.42 Å². The van der Waals surface area contributed by atoms with Gasteiger partial charge in [0.25, 0.3) is 10.1 Å². The van der Waals surface area contributed by atoms with Crippen molar-refractivity contribution in [3.63, 3.8) is 0 Å². The van der Waals surface area contributed by atoms with E-state index in [0.717, 1.165) is 32.1 Å². The van der Waals surface area contributed by atoms with Crippen LogP contribution in [0.5, 0.6) is 0 Å². The third kappa shape index (κ3) is 23.4. The van der Waals surface area contributed by atoms with Gasteiger partial charge in [-0.05, 0) is 19.3 Å². The van der Waals surface area contributed by atoms with Gasteiger partial charge in [0.05, 0.1) is 6.61 Å². The van der Waals surface area contributed by atoms with Gasteiger partial charge < -0.3 is 0 Å². The van der Waals surface area contributed by atoms with Gasteiger partial charge in [0, 0.05) is 0 Å². The summed E-state index contributed by atoms with van der Waals surface area (Å²) in [5.74, 6) is 0. The van der Waals surface area contributed by atoms with Gasteiger partial charge in [0.1, 0.15) is 0 Å². The molecule has 0 aliphatic rings. The van der Waals surface area contributed by atoms with Crippen LogP contribution in [0.3, 0.4) is 0 Å². The Kier molecular flexibility index (Phi) is 27.2. The van der Waals surface area contributed by atoms with Crippen molar-refractivity contribution in [2.75, 3.05) is 6.61 Å². The second-order valence-corrected chi connectivity index (χ2v) is 10.6. The number of rotatable bonds is 24. The van der Waals surface area contributed by atoms with Gasteiger partial charge in [-0.3, -0.25) is 4.18 Å². The third-order valence-corrected chi connectivity index (χ3v) is 7.20. The molecule has 0 N–H and O–H groups in total. The normalized spacial score (nSPS) is 12.6. The second-order valence-electron chi connectivity index (χ2n) is 8.88.